The minimum atomic E-state index is -0.0923. The number of aromatic amines is 1. The van der Waals surface area contributed by atoms with E-state index < -0.39 is 0 Å². The normalized spacial score (nSPS) is 10.9. The number of hydrogen-bond acceptors (Lipinski definition) is 4. The fourth-order valence-electron chi connectivity index (χ4n) is 1.97. The standard InChI is InChI=1S/C14H20N4OS/c1-10-6-7-11-12(9-10)17-14(16-11)20-8-4-2-3-5-13(19)18-15/h6-7,9H,2-5,8,15H2,1H3,(H,16,17)(H,18,19). The van der Waals surface area contributed by atoms with Crippen molar-refractivity contribution in [3.05, 3.63) is 23.8 Å². The first-order valence-corrected chi connectivity index (χ1v) is 7.76. The summed E-state index contributed by atoms with van der Waals surface area (Å²) in [6.45, 7) is 2.07. The van der Waals surface area contributed by atoms with Gasteiger partial charge in [0.05, 0.1) is 11.0 Å². The summed E-state index contributed by atoms with van der Waals surface area (Å²) in [5, 5.41) is 0.963. The fraction of sp³-hybridized carbons (Fsp3) is 0.429. The zero-order valence-electron chi connectivity index (χ0n) is 11.6. The van der Waals surface area contributed by atoms with Crippen molar-refractivity contribution in [2.45, 2.75) is 37.8 Å². The number of unbranched alkanes of at least 4 members (excludes halogenated alkanes) is 2. The number of imidazole rings is 1. The van der Waals surface area contributed by atoms with E-state index in [0.29, 0.717) is 6.42 Å². The Morgan fingerprint density at radius 1 is 1.40 bits per heavy atom. The summed E-state index contributed by atoms with van der Waals surface area (Å²) in [7, 11) is 0. The van der Waals surface area contributed by atoms with Crippen molar-refractivity contribution >= 4 is 28.7 Å². The van der Waals surface area contributed by atoms with Gasteiger partial charge in [0.25, 0.3) is 0 Å². The van der Waals surface area contributed by atoms with E-state index in [-0.39, 0.29) is 5.91 Å². The van der Waals surface area contributed by atoms with Crippen LogP contribution in [-0.4, -0.2) is 21.6 Å². The van der Waals surface area contributed by atoms with Crippen molar-refractivity contribution in [2.75, 3.05) is 5.75 Å². The van der Waals surface area contributed by atoms with Gasteiger partial charge in [-0.15, -0.1) is 0 Å². The average molecular weight is 292 g/mol. The number of fused-ring (bicyclic) bond motifs is 1. The highest BCUT2D eigenvalue weighted by Gasteiger charge is 2.03. The minimum Gasteiger partial charge on any atom is -0.333 e. The van der Waals surface area contributed by atoms with Crippen molar-refractivity contribution in [3.8, 4) is 0 Å². The van der Waals surface area contributed by atoms with E-state index in [1.807, 2.05) is 6.07 Å². The maximum absolute atomic E-state index is 10.9. The van der Waals surface area contributed by atoms with Crippen LogP contribution in [0.4, 0.5) is 0 Å². The summed E-state index contributed by atoms with van der Waals surface area (Å²) in [5.74, 6) is 5.93. The van der Waals surface area contributed by atoms with Gasteiger partial charge in [0.15, 0.2) is 5.16 Å². The lowest BCUT2D eigenvalue weighted by molar-refractivity contribution is -0.121. The van der Waals surface area contributed by atoms with Gasteiger partial charge >= 0.3 is 0 Å². The molecule has 0 aliphatic rings. The van der Waals surface area contributed by atoms with Crippen LogP contribution < -0.4 is 11.3 Å². The van der Waals surface area contributed by atoms with Crippen LogP contribution in [0.25, 0.3) is 11.0 Å². The molecule has 0 aliphatic heterocycles. The van der Waals surface area contributed by atoms with Crippen LogP contribution in [0.1, 0.15) is 31.2 Å². The molecule has 2 rings (SSSR count). The molecule has 4 N–H and O–H groups in total. The molecule has 0 saturated heterocycles. The minimum absolute atomic E-state index is 0.0923. The average Bonchev–Trinajstić information content (AvgIpc) is 2.84. The number of nitrogens with two attached hydrogens (primary N) is 1. The number of benzene rings is 1. The molecule has 0 unspecified atom stereocenters. The number of hydrazine groups is 1. The molecule has 108 valence electrons. The van der Waals surface area contributed by atoms with Crippen LogP contribution in [0.2, 0.25) is 0 Å². The van der Waals surface area contributed by atoms with Crippen LogP contribution in [0.3, 0.4) is 0 Å². The van der Waals surface area contributed by atoms with Crippen molar-refractivity contribution in [1.82, 2.24) is 15.4 Å². The Morgan fingerprint density at radius 3 is 3.05 bits per heavy atom. The Hall–Kier alpha value is -1.53. The number of aromatic nitrogens is 2. The van der Waals surface area contributed by atoms with Gasteiger partial charge in [-0.1, -0.05) is 24.2 Å². The highest BCUT2D eigenvalue weighted by atomic mass is 32.2. The molecule has 0 atom stereocenters. The third-order valence-corrected chi connectivity index (χ3v) is 4.02. The molecular formula is C14H20N4OS. The Balaban J connectivity index is 1.72. The quantitative estimate of drug-likeness (QED) is 0.241. The Morgan fingerprint density at radius 2 is 2.25 bits per heavy atom. The summed E-state index contributed by atoms with van der Waals surface area (Å²) in [6, 6.07) is 6.22. The third-order valence-electron chi connectivity index (χ3n) is 3.06. The van der Waals surface area contributed by atoms with E-state index in [2.05, 4.69) is 34.5 Å². The lowest BCUT2D eigenvalue weighted by atomic mass is 10.2. The molecule has 0 fully saturated rings. The molecule has 6 heteroatoms. The van der Waals surface area contributed by atoms with E-state index in [0.717, 1.165) is 41.2 Å². The van der Waals surface area contributed by atoms with E-state index in [1.165, 1.54) is 5.56 Å². The summed E-state index contributed by atoms with van der Waals surface area (Å²) in [6.07, 6.45) is 3.48. The van der Waals surface area contributed by atoms with Gasteiger partial charge < -0.3 is 4.98 Å². The number of carbonyl (C=O) groups excluding carboxylic acids is 1. The molecule has 0 radical (unpaired) electrons. The van der Waals surface area contributed by atoms with Gasteiger partial charge in [0, 0.05) is 12.2 Å². The van der Waals surface area contributed by atoms with E-state index >= 15 is 0 Å². The molecule has 1 amide bonds. The summed E-state index contributed by atoms with van der Waals surface area (Å²) < 4.78 is 0. The van der Waals surface area contributed by atoms with E-state index in [9.17, 15) is 4.79 Å². The van der Waals surface area contributed by atoms with E-state index in [4.69, 9.17) is 5.84 Å². The highest BCUT2D eigenvalue weighted by Crippen LogP contribution is 2.21. The molecule has 1 heterocycles. The number of carbonyl (C=O) groups is 1. The van der Waals surface area contributed by atoms with Gasteiger partial charge in [-0.25, -0.2) is 10.8 Å². The molecule has 2 aromatic rings. The molecule has 0 saturated carbocycles. The van der Waals surface area contributed by atoms with Crippen molar-refractivity contribution in [2.24, 2.45) is 5.84 Å². The lowest BCUT2D eigenvalue weighted by Crippen LogP contribution is -2.29. The Kier molecular flexibility index (Phi) is 5.43. The number of thioether (sulfide) groups is 1. The van der Waals surface area contributed by atoms with Crippen LogP contribution >= 0.6 is 11.8 Å². The molecule has 5 nitrogen and oxygen atoms in total. The second-order valence-electron chi connectivity index (χ2n) is 4.79. The third kappa shape index (κ3) is 4.25. The van der Waals surface area contributed by atoms with Gasteiger partial charge in [0.1, 0.15) is 0 Å². The number of nitrogens with one attached hydrogen (secondary N) is 2. The number of H-pyrrole nitrogens is 1. The van der Waals surface area contributed by atoms with Crippen LogP contribution in [0, 0.1) is 6.92 Å². The fourth-order valence-corrected chi connectivity index (χ4v) is 2.86. The van der Waals surface area contributed by atoms with Crippen molar-refractivity contribution < 1.29 is 4.79 Å². The largest absolute Gasteiger partial charge is 0.333 e. The smallest absolute Gasteiger partial charge is 0.233 e. The number of hydrogen-bond donors (Lipinski definition) is 3. The number of amides is 1. The molecule has 0 spiro atoms. The second-order valence-corrected chi connectivity index (χ2v) is 5.87. The summed E-state index contributed by atoms with van der Waals surface area (Å²) in [4.78, 5) is 18.8. The lowest BCUT2D eigenvalue weighted by Gasteiger charge is -2.00. The first kappa shape index (κ1) is 14.9. The summed E-state index contributed by atoms with van der Waals surface area (Å²) >= 11 is 1.72. The van der Waals surface area contributed by atoms with Crippen LogP contribution in [0.15, 0.2) is 23.4 Å². The monoisotopic (exact) mass is 292 g/mol. The van der Waals surface area contributed by atoms with Crippen LogP contribution in [0.5, 0.6) is 0 Å². The van der Waals surface area contributed by atoms with Gasteiger partial charge in [-0.05, 0) is 37.5 Å². The van der Waals surface area contributed by atoms with Gasteiger partial charge in [0.2, 0.25) is 5.91 Å². The van der Waals surface area contributed by atoms with E-state index in [1.54, 1.807) is 11.8 Å². The number of nitrogens with zero attached hydrogens (tertiary/aromatic N) is 1. The second kappa shape index (κ2) is 7.31. The van der Waals surface area contributed by atoms with Crippen molar-refractivity contribution in [3.63, 3.8) is 0 Å². The SMILES string of the molecule is Cc1ccc2nc(SCCCCCC(=O)NN)[nH]c2c1. The molecule has 1 aromatic heterocycles. The topological polar surface area (TPSA) is 83.8 Å². The maximum Gasteiger partial charge on any atom is 0.233 e. The number of aryl methyl sites for hydroxylation is 1. The zero-order valence-corrected chi connectivity index (χ0v) is 12.4. The van der Waals surface area contributed by atoms with Gasteiger partial charge in [-0.2, -0.15) is 0 Å². The first-order valence-electron chi connectivity index (χ1n) is 6.77. The predicted molar refractivity (Wildman–Crippen MR) is 82.4 cm³/mol. The molecule has 0 bridgehead atoms. The summed E-state index contributed by atoms with van der Waals surface area (Å²) in [5.41, 5.74) is 5.48. The Bertz CT molecular complexity index is 582. The highest BCUT2D eigenvalue weighted by molar-refractivity contribution is 7.99. The van der Waals surface area contributed by atoms with Crippen LogP contribution in [-0.2, 0) is 4.79 Å². The number of rotatable bonds is 7. The predicted octanol–water partition coefficient (Wildman–Crippen LogP) is 2.51. The zero-order chi connectivity index (χ0) is 14.4. The van der Waals surface area contributed by atoms with Gasteiger partial charge in [-0.3, -0.25) is 10.2 Å². The molecule has 20 heavy (non-hydrogen) atoms. The molecule has 0 aliphatic carbocycles. The van der Waals surface area contributed by atoms with Crippen molar-refractivity contribution in [1.29, 1.82) is 0 Å². The first-order chi connectivity index (χ1) is 9.69. The maximum atomic E-state index is 10.9. The molecular weight excluding hydrogens is 272 g/mol. The Labute approximate surface area is 122 Å². The molecule has 1 aromatic carbocycles.